The quantitative estimate of drug-likeness (QED) is 0.509. The monoisotopic (exact) mass is 499 g/mol. The summed E-state index contributed by atoms with van der Waals surface area (Å²) >= 11 is 6.13. The minimum Gasteiger partial charge on any atom is -0.493 e. The van der Waals surface area contributed by atoms with Gasteiger partial charge in [0.15, 0.2) is 11.3 Å². The SMILES string of the molecule is COc1cc(C(=O)N2CC(C)OCC2C2CC(O)C2)cc2nc(N[C@H](C)c3cccc(Cl)c3)oc12. The molecule has 2 N–H and O–H groups in total. The fraction of sp³-hybridized carbons (Fsp3) is 0.462. The van der Waals surface area contributed by atoms with Crippen LogP contribution in [0.2, 0.25) is 5.02 Å². The third-order valence-electron chi connectivity index (χ3n) is 6.97. The molecular weight excluding hydrogens is 470 g/mol. The molecule has 8 nitrogen and oxygen atoms in total. The van der Waals surface area contributed by atoms with Crippen molar-refractivity contribution in [3.63, 3.8) is 0 Å². The number of rotatable bonds is 6. The number of aliphatic hydroxyl groups excluding tert-OH is 1. The molecule has 9 heteroatoms. The molecule has 0 radical (unpaired) electrons. The lowest BCUT2D eigenvalue weighted by atomic mass is 9.76. The van der Waals surface area contributed by atoms with E-state index in [9.17, 15) is 9.90 Å². The van der Waals surface area contributed by atoms with E-state index in [0.29, 0.717) is 59.4 Å². The minimum absolute atomic E-state index is 0.0540. The van der Waals surface area contributed by atoms with E-state index in [-0.39, 0.29) is 36.1 Å². The molecule has 1 amide bonds. The summed E-state index contributed by atoms with van der Waals surface area (Å²) in [7, 11) is 1.54. The molecule has 1 saturated carbocycles. The van der Waals surface area contributed by atoms with Gasteiger partial charge in [-0.05, 0) is 62.4 Å². The van der Waals surface area contributed by atoms with Gasteiger partial charge in [-0.2, -0.15) is 4.98 Å². The number of amides is 1. The maximum atomic E-state index is 13.7. The van der Waals surface area contributed by atoms with E-state index in [4.69, 9.17) is 25.5 Å². The summed E-state index contributed by atoms with van der Waals surface area (Å²) in [6.07, 6.45) is 1.04. The van der Waals surface area contributed by atoms with Gasteiger partial charge in [-0.25, -0.2) is 0 Å². The molecule has 1 aliphatic carbocycles. The summed E-state index contributed by atoms with van der Waals surface area (Å²) in [6.45, 7) is 4.93. The van der Waals surface area contributed by atoms with Gasteiger partial charge in [0, 0.05) is 17.1 Å². The third kappa shape index (κ3) is 4.83. The second-order valence-electron chi connectivity index (χ2n) is 9.52. The lowest BCUT2D eigenvalue weighted by Gasteiger charge is -2.47. The van der Waals surface area contributed by atoms with Gasteiger partial charge in [0.25, 0.3) is 11.9 Å². The maximum Gasteiger partial charge on any atom is 0.296 e. The molecule has 186 valence electrons. The highest BCUT2D eigenvalue weighted by molar-refractivity contribution is 6.30. The molecule has 1 aromatic heterocycles. The Labute approximate surface area is 209 Å². The highest BCUT2D eigenvalue weighted by Gasteiger charge is 2.42. The summed E-state index contributed by atoms with van der Waals surface area (Å²) < 4.78 is 17.4. The van der Waals surface area contributed by atoms with Gasteiger partial charge in [-0.3, -0.25) is 4.79 Å². The lowest BCUT2D eigenvalue weighted by Crippen LogP contribution is -2.57. The minimum atomic E-state index is -0.289. The van der Waals surface area contributed by atoms with Crippen LogP contribution in [0.1, 0.15) is 48.7 Å². The molecule has 2 heterocycles. The van der Waals surface area contributed by atoms with Crippen molar-refractivity contribution in [2.24, 2.45) is 5.92 Å². The van der Waals surface area contributed by atoms with Gasteiger partial charge in [0.2, 0.25) is 0 Å². The van der Waals surface area contributed by atoms with Crippen LogP contribution in [0.4, 0.5) is 6.01 Å². The number of ether oxygens (including phenoxy) is 2. The van der Waals surface area contributed by atoms with Crippen molar-refractivity contribution in [3.8, 4) is 5.75 Å². The Bertz CT molecular complexity index is 1220. The zero-order chi connectivity index (χ0) is 24.7. The van der Waals surface area contributed by atoms with Crippen LogP contribution in [0.5, 0.6) is 5.75 Å². The van der Waals surface area contributed by atoms with E-state index in [0.717, 1.165) is 5.56 Å². The standard InChI is InChI=1S/C26H30ClN3O5/c1-14-12-30(22(13-34-14)17-8-20(31)9-17)25(32)18-10-21-24(23(11-18)33-3)35-26(29-21)28-15(2)16-5-4-6-19(27)7-16/h4-7,10-11,14-15,17,20,22,31H,8-9,12-13H2,1-3H3,(H,28,29)/t14?,15-,17?,20?,22?/m1/s1. The summed E-state index contributed by atoms with van der Waals surface area (Å²) in [5.41, 5.74) is 2.48. The zero-order valence-electron chi connectivity index (χ0n) is 20.0. The third-order valence-corrected chi connectivity index (χ3v) is 7.21. The van der Waals surface area contributed by atoms with Crippen LogP contribution in [0.3, 0.4) is 0 Å². The van der Waals surface area contributed by atoms with Crippen molar-refractivity contribution in [1.82, 2.24) is 9.88 Å². The van der Waals surface area contributed by atoms with Gasteiger partial charge < -0.3 is 29.2 Å². The number of carbonyl (C=O) groups is 1. The van der Waals surface area contributed by atoms with Crippen molar-refractivity contribution < 1.29 is 23.8 Å². The summed E-state index contributed by atoms with van der Waals surface area (Å²) in [6, 6.07) is 11.2. The molecule has 5 rings (SSSR count). The Morgan fingerprint density at radius 3 is 2.83 bits per heavy atom. The molecule has 3 atom stereocenters. The molecule has 0 bridgehead atoms. The number of hydrogen-bond donors (Lipinski definition) is 2. The number of aliphatic hydroxyl groups is 1. The van der Waals surface area contributed by atoms with Crippen LogP contribution >= 0.6 is 11.6 Å². The first kappa shape index (κ1) is 23.9. The molecule has 0 spiro atoms. The number of methoxy groups -OCH3 is 1. The molecule has 3 aromatic rings. The van der Waals surface area contributed by atoms with Gasteiger partial charge in [-0.15, -0.1) is 0 Å². The van der Waals surface area contributed by atoms with Crippen molar-refractivity contribution in [2.75, 3.05) is 25.6 Å². The van der Waals surface area contributed by atoms with E-state index < -0.39 is 0 Å². The molecule has 35 heavy (non-hydrogen) atoms. The van der Waals surface area contributed by atoms with Gasteiger partial charge >= 0.3 is 0 Å². The molecule has 2 unspecified atom stereocenters. The van der Waals surface area contributed by atoms with Crippen molar-refractivity contribution in [2.45, 2.75) is 51.0 Å². The van der Waals surface area contributed by atoms with Crippen LogP contribution in [-0.4, -0.2) is 59.4 Å². The second kappa shape index (κ2) is 9.68. The van der Waals surface area contributed by atoms with E-state index >= 15 is 0 Å². The fourth-order valence-electron chi connectivity index (χ4n) is 4.94. The first-order valence-electron chi connectivity index (χ1n) is 11.9. The van der Waals surface area contributed by atoms with E-state index in [1.54, 1.807) is 19.2 Å². The number of nitrogens with zero attached hydrogens (tertiary/aromatic N) is 2. The number of morpholine rings is 1. The zero-order valence-corrected chi connectivity index (χ0v) is 20.8. The number of halogens is 1. The van der Waals surface area contributed by atoms with Crippen LogP contribution in [0.15, 0.2) is 40.8 Å². The van der Waals surface area contributed by atoms with E-state index in [2.05, 4.69) is 10.3 Å². The largest absolute Gasteiger partial charge is 0.493 e. The van der Waals surface area contributed by atoms with E-state index in [1.807, 2.05) is 43.0 Å². The number of aromatic nitrogens is 1. The number of nitrogens with one attached hydrogen (secondary N) is 1. The molecule has 2 aliphatic rings. The van der Waals surface area contributed by atoms with Crippen LogP contribution in [-0.2, 0) is 4.74 Å². The van der Waals surface area contributed by atoms with Crippen molar-refractivity contribution in [3.05, 3.63) is 52.5 Å². The number of carbonyl (C=O) groups excluding carboxylic acids is 1. The number of anilines is 1. The topological polar surface area (TPSA) is 97.1 Å². The molecular formula is C26H30ClN3O5. The van der Waals surface area contributed by atoms with Crippen LogP contribution < -0.4 is 10.1 Å². The highest BCUT2D eigenvalue weighted by atomic mass is 35.5. The molecule has 1 aliphatic heterocycles. The van der Waals surface area contributed by atoms with Gasteiger partial charge in [-0.1, -0.05) is 23.7 Å². The Balaban J connectivity index is 1.42. The van der Waals surface area contributed by atoms with Crippen LogP contribution in [0, 0.1) is 5.92 Å². The second-order valence-corrected chi connectivity index (χ2v) is 9.96. The Morgan fingerprint density at radius 2 is 2.11 bits per heavy atom. The molecule has 1 saturated heterocycles. The molecule has 2 fully saturated rings. The first-order chi connectivity index (χ1) is 16.8. The Hall–Kier alpha value is -2.81. The summed E-state index contributed by atoms with van der Waals surface area (Å²) in [4.78, 5) is 20.1. The lowest BCUT2D eigenvalue weighted by molar-refractivity contribution is -0.0894. The number of hydrogen-bond acceptors (Lipinski definition) is 7. The summed E-state index contributed by atoms with van der Waals surface area (Å²) in [5, 5.41) is 13.7. The number of oxazole rings is 1. The smallest absolute Gasteiger partial charge is 0.296 e. The average Bonchev–Trinajstić information content (AvgIpc) is 3.23. The predicted octanol–water partition coefficient (Wildman–Crippen LogP) is 4.66. The average molecular weight is 500 g/mol. The highest BCUT2D eigenvalue weighted by Crippen LogP contribution is 2.37. The maximum absolute atomic E-state index is 13.7. The predicted molar refractivity (Wildman–Crippen MR) is 133 cm³/mol. The Morgan fingerprint density at radius 1 is 1.31 bits per heavy atom. The van der Waals surface area contributed by atoms with E-state index in [1.165, 1.54) is 0 Å². The molecule has 2 aromatic carbocycles. The Kier molecular flexibility index (Phi) is 6.61. The number of fused-ring (bicyclic) bond motifs is 1. The fourth-order valence-corrected chi connectivity index (χ4v) is 5.13. The first-order valence-corrected chi connectivity index (χ1v) is 12.3. The van der Waals surface area contributed by atoms with Gasteiger partial charge in [0.1, 0.15) is 5.52 Å². The van der Waals surface area contributed by atoms with Crippen molar-refractivity contribution >= 4 is 34.6 Å². The van der Waals surface area contributed by atoms with Gasteiger partial charge in [0.05, 0.1) is 38.0 Å². The number of benzene rings is 2. The van der Waals surface area contributed by atoms with Crippen LogP contribution in [0.25, 0.3) is 11.1 Å². The summed E-state index contributed by atoms with van der Waals surface area (Å²) in [5.74, 6) is 0.582. The normalized spacial score (nSPS) is 25.2. The van der Waals surface area contributed by atoms with Crippen molar-refractivity contribution in [1.29, 1.82) is 0 Å².